The molecule has 2 heterocycles. The van der Waals surface area contributed by atoms with Gasteiger partial charge in [0.1, 0.15) is 6.61 Å². The molecule has 1 aliphatic heterocycles. The van der Waals surface area contributed by atoms with E-state index in [4.69, 9.17) is 16.3 Å². The molecule has 1 aromatic carbocycles. The Balaban J connectivity index is 1.92. The molecule has 17 heavy (non-hydrogen) atoms. The fourth-order valence-electron chi connectivity index (χ4n) is 1.74. The van der Waals surface area contributed by atoms with E-state index in [1.807, 2.05) is 36.5 Å². The minimum Gasteiger partial charge on any atom is -0.473 e. The fourth-order valence-corrected chi connectivity index (χ4v) is 1.95. The summed E-state index contributed by atoms with van der Waals surface area (Å²) in [5.41, 5.74) is 0.823. The van der Waals surface area contributed by atoms with Crippen molar-refractivity contribution < 1.29 is 4.74 Å². The molecule has 0 radical (unpaired) electrons. The summed E-state index contributed by atoms with van der Waals surface area (Å²) in [6.07, 6.45) is 3.49. The zero-order valence-corrected chi connectivity index (χ0v) is 9.71. The van der Waals surface area contributed by atoms with Gasteiger partial charge in [-0.25, -0.2) is 9.67 Å². The van der Waals surface area contributed by atoms with Gasteiger partial charge in [-0.15, -0.1) is 0 Å². The molecule has 0 aliphatic carbocycles. The van der Waals surface area contributed by atoms with Crippen LogP contribution in [0.25, 0.3) is 0 Å². The van der Waals surface area contributed by atoms with Crippen molar-refractivity contribution in [3.63, 3.8) is 0 Å². The van der Waals surface area contributed by atoms with E-state index >= 15 is 0 Å². The van der Waals surface area contributed by atoms with E-state index in [0.717, 1.165) is 5.56 Å². The van der Waals surface area contributed by atoms with Gasteiger partial charge in [0, 0.05) is 12.4 Å². The van der Waals surface area contributed by atoms with Crippen LogP contribution in [0.1, 0.15) is 11.7 Å². The van der Waals surface area contributed by atoms with Crippen molar-refractivity contribution in [3.05, 3.63) is 53.3 Å². The molecule has 0 N–H and O–H groups in total. The summed E-state index contributed by atoms with van der Waals surface area (Å²) in [6.45, 7) is 0.488. The zero-order chi connectivity index (χ0) is 11.7. The molecule has 1 unspecified atom stereocenters. The molecule has 1 atom stereocenters. The Hall–Kier alpha value is -1.81. The van der Waals surface area contributed by atoms with Crippen molar-refractivity contribution in [2.24, 2.45) is 4.99 Å². The number of aliphatic imine (C=N–C) groups is 1. The van der Waals surface area contributed by atoms with Crippen LogP contribution in [-0.2, 0) is 4.74 Å². The van der Waals surface area contributed by atoms with E-state index in [0.29, 0.717) is 17.5 Å². The van der Waals surface area contributed by atoms with Crippen LogP contribution >= 0.6 is 11.6 Å². The Morgan fingerprint density at radius 3 is 2.94 bits per heavy atom. The lowest BCUT2D eigenvalue weighted by Gasteiger charge is -2.03. The molecular formula is C12H10ClN3O. The van der Waals surface area contributed by atoms with Crippen LogP contribution in [-0.4, -0.2) is 22.3 Å². The van der Waals surface area contributed by atoms with E-state index in [2.05, 4.69) is 10.1 Å². The van der Waals surface area contributed by atoms with Crippen molar-refractivity contribution in [3.8, 4) is 0 Å². The molecule has 0 saturated heterocycles. The van der Waals surface area contributed by atoms with E-state index in [1.54, 1.807) is 10.9 Å². The summed E-state index contributed by atoms with van der Waals surface area (Å²) < 4.78 is 7.33. The zero-order valence-electron chi connectivity index (χ0n) is 8.95. The molecule has 0 amide bonds. The van der Waals surface area contributed by atoms with Crippen LogP contribution < -0.4 is 0 Å². The van der Waals surface area contributed by atoms with Gasteiger partial charge in [-0.1, -0.05) is 23.7 Å². The third-order valence-electron chi connectivity index (χ3n) is 2.57. The van der Waals surface area contributed by atoms with Gasteiger partial charge in [0.2, 0.25) is 5.90 Å². The number of hydrogen-bond donors (Lipinski definition) is 0. The molecule has 5 heteroatoms. The first kappa shape index (κ1) is 10.4. The lowest BCUT2D eigenvalue weighted by atomic mass is 10.2. The maximum Gasteiger partial charge on any atom is 0.220 e. The Labute approximate surface area is 103 Å². The molecule has 0 saturated carbocycles. The minimum atomic E-state index is -0.101. The molecule has 0 fully saturated rings. The molecule has 4 nitrogen and oxygen atoms in total. The Morgan fingerprint density at radius 1 is 1.29 bits per heavy atom. The predicted molar refractivity (Wildman–Crippen MR) is 65.2 cm³/mol. The fraction of sp³-hybridized carbons (Fsp3) is 0.167. The van der Waals surface area contributed by atoms with E-state index < -0.39 is 0 Å². The van der Waals surface area contributed by atoms with Crippen LogP contribution in [0.3, 0.4) is 0 Å². The predicted octanol–water partition coefficient (Wildman–Crippen LogP) is 2.51. The Bertz CT molecular complexity index is 551. The summed E-state index contributed by atoms with van der Waals surface area (Å²) in [5.74, 6) is 0.580. The van der Waals surface area contributed by atoms with Crippen molar-refractivity contribution in [2.45, 2.75) is 6.17 Å². The van der Waals surface area contributed by atoms with Crippen LogP contribution in [0, 0.1) is 0 Å². The van der Waals surface area contributed by atoms with Gasteiger partial charge in [-0.3, -0.25) is 0 Å². The lowest BCUT2D eigenvalue weighted by Crippen LogP contribution is -2.08. The first-order valence-corrected chi connectivity index (χ1v) is 5.67. The van der Waals surface area contributed by atoms with E-state index in [-0.39, 0.29) is 6.17 Å². The smallest absolute Gasteiger partial charge is 0.220 e. The number of benzene rings is 1. The van der Waals surface area contributed by atoms with Gasteiger partial charge in [0.05, 0.1) is 10.6 Å². The molecule has 0 spiro atoms. The second-order valence-corrected chi connectivity index (χ2v) is 4.10. The topological polar surface area (TPSA) is 39.4 Å². The van der Waals surface area contributed by atoms with E-state index in [1.165, 1.54) is 0 Å². The third kappa shape index (κ3) is 1.91. The second kappa shape index (κ2) is 4.22. The van der Waals surface area contributed by atoms with Crippen LogP contribution in [0.15, 0.2) is 47.7 Å². The highest BCUT2D eigenvalue weighted by Gasteiger charge is 2.22. The van der Waals surface area contributed by atoms with Gasteiger partial charge in [-0.05, 0) is 18.2 Å². The lowest BCUT2D eigenvalue weighted by molar-refractivity contribution is 0.278. The number of rotatable bonds is 2. The second-order valence-electron chi connectivity index (χ2n) is 3.69. The van der Waals surface area contributed by atoms with E-state index in [9.17, 15) is 0 Å². The number of halogens is 1. The molecule has 2 aromatic rings. The van der Waals surface area contributed by atoms with Crippen molar-refractivity contribution >= 4 is 17.5 Å². The van der Waals surface area contributed by atoms with Gasteiger partial charge in [0.15, 0.2) is 6.17 Å². The highest BCUT2D eigenvalue weighted by atomic mass is 35.5. The van der Waals surface area contributed by atoms with Crippen molar-refractivity contribution in [1.29, 1.82) is 0 Å². The average Bonchev–Trinajstić information content (AvgIpc) is 3.00. The SMILES string of the molecule is Clc1ccccc1C1=NC(n2cccn2)CO1. The monoisotopic (exact) mass is 247 g/mol. The first-order chi connectivity index (χ1) is 8.34. The normalized spacial score (nSPS) is 18.9. The summed E-state index contributed by atoms with van der Waals surface area (Å²) in [4.78, 5) is 4.47. The minimum absolute atomic E-state index is 0.101. The summed E-state index contributed by atoms with van der Waals surface area (Å²) in [7, 11) is 0. The average molecular weight is 248 g/mol. The molecular weight excluding hydrogens is 238 g/mol. The van der Waals surface area contributed by atoms with Gasteiger partial charge in [0.25, 0.3) is 0 Å². The van der Waals surface area contributed by atoms with Crippen LogP contribution in [0.4, 0.5) is 0 Å². The summed E-state index contributed by atoms with van der Waals surface area (Å²) in [5, 5.41) is 4.79. The first-order valence-electron chi connectivity index (χ1n) is 5.29. The number of nitrogens with zero attached hydrogens (tertiary/aromatic N) is 3. The highest BCUT2D eigenvalue weighted by Crippen LogP contribution is 2.23. The Morgan fingerprint density at radius 2 is 2.18 bits per heavy atom. The number of aromatic nitrogens is 2. The van der Waals surface area contributed by atoms with Gasteiger partial charge >= 0.3 is 0 Å². The molecule has 86 valence electrons. The molecule has 0 bridgehead atoms. The maximum atomic E-state index is 6.09. The summed E-state index contributed by atoms with van der Waals surface area (Å²) in [6, 6.07) is 9.38. The highest BCUT2D eigenvalue weighted by molar-refractivity contribution is 6.33. The van der Waals surface area contributed by atoms with Crippen LogP contribution in [0.2, 0.25) is 5.02 Å². The van der Waals surface area contributed by atoms with Crippen molar-refractivity contribution in [2.75, 3.05) is 6.61 Å². The largest absolute Gasteiger partial charge is 0.473 e. The molecule has 1 aliphatic rings. The Kier molecular flexibility index (Phi) is 2.57. The van der Waals surface area contributed by atoms with Gasteiger partial charge in [-0.2, -0.15) is 5.10 Å². The number of hydrogen-bond acceptors (Lipinski definition) is 3. The van der Waals surface area contributed by atoms with Crippen molar-refractivity contribution in [1.82, 2.24) is 9.78 Å². The molecule has 1 aromatic heterocycles. The quantitative estimate of drug-likeness (QED) is 0.818. The number of ether oxygens (including phenoxy) is 1. The maximum absolute atomic E-state index is 6.09. The standard InChI is InChI=1S/C12H10ClN3O/c13-10-5-2-1-4-9(10)12-15-11(8-17-12)16-7-3-6-14-16/h1-7,11H,8H2. The summed E-state index contributed by atoms with van der Waals surface area (Å²) >= 11 is 6.09. The molecule has 3 rings (SSSR count). The van der Waals surface area contributed by atoms with Crippen LogP contribution in [0.5, 0.6) is 0 Å². The third-order valence-corrected chi connectivity index (χ3v) is 2.90. The van der Waals surface area contributed by atoms with Gasteiger partial charge < -0.3 is 4.74 Å².